The molecule has 1 aliphatic rings. The standard InChI is InChI=1S/C14H18O2/c1-11(15)13(12-7-3-2-4-8-12)14(16)9-5-6-10-14/h2-4,7-8,13,16H,5-6,9-10H2,1H3. The topological polar surface area (TPSA) is 37.3 Å². The van der Waals surface area contributed by atoms with E-state index in [0.717, 1.165) is 31.2 Å². The number of hydrogen-bond acceptors (Lipinski definition) is 2. The molecule has 86 valence electrons. The van der Waals surface area contributed by atoms with Gasteiger partial charge >= 0.3 is 0 Å². The third-order valence-corrected chi connectivity index (χ3v) is 3.55. The zero-order valence-electron chi connectivity index (χ0n) is 9.65. The fourth-order valence-electron chi connectivity index (χ4n) is 2.84. The van der Waals surface area contributed by atoms with Crippen LogP contribution in [-0.4, -0.2) is 16.5 Å². The Morgan fingerprint density at radius 1 is 1.25 bits per heavy atom. The monoisotopic (exact) mass is 218 g/mol. The molecule has 2 nitrogen and oxygen atoms in total. The molecule has 1 N–H and O–H groups in total. The number of carbonyl (C=O) groups is 1. The van der Waals surface area contributed by atoms with Gasteiger partial charge in [0.15, 0.2) is 0 Å². The fourth-order valence-corrected chi connectivity index (χ4v) is 2.84. The van der Waals surface area contributed by atoms with Gasteiger partial charge in [-0.15, -0.1) is 0 Å². The number of benzene rings is 1. The lowest BCUT2D eigenvalue weighted by Gasteiger charge is -2.31. The van der Waals surface area contributed by atoms with Crippen molar-refractivity contribution in [2.24, 2.45) is 0 Å². The smallest absolute Gasteiger partial charge is 0.140 e. The van der Waals surface area contributed by atoms with Gasteiger partial charge in [-0.3, -0.25) is 4.79 Å². The lowest BCUT2D eigenvalue weighted by molar-refractivity contribution is -0.124. The summed E-state index contributed by atoms with van der Waals surface area (Å²) >= 11 is 0. The van der Waals surface area contributed by atoms with Crippen molar-refractivity contribution in [1.29, 1.82) is 0 Å². The highest BCUT2D eigenvalue weighted by atomic mass is 16.3. The highest BCUT2D eigenvalue weighted by Crippen LogP contribution is 2.41. The normalized spacial score (nSPS) is 20.6. The molecule has 0 aliphatic heterocycles. The van der Waals surface area contributed by atoms with Crippen molar-refractivity contribution in [2.75, 3.05) is 0 Å². The largest absolute Gasteiger partial charge is 0.389 e. The number of ketones is 1. The van der Waals surface area contributed by atoms with Crippen molar-refractivity contribution in [2.45, 2.75) is 44.1 Å². The second-order valence-electron chi connectivity index (χ2n) is 4.77. The summed E-state index contributed by atoms with van der Waals surface area (Å²) in [5.41, 5.74) is 0.132. The average Bonchev–Trinajstić information content (AvgIpc) is 2.67. The summed E-state index contributed by atoms with van der Waals surface area (Å²) in [7, 11) is 0. The van der Waals surface area contributed by atoms with Crippen LogP contribution in [-0.2, 0) is 4.79 Å². The molecule has 2 heteroatoms. The van der Waals surface area contributed by atoms with Crippen LogP contribution in [0.3, 0.4) is 0 Å². The zero-order valence-corrected chi connectivity index (χ0v) is 9.65. The van der Waals surface area contributed by atoms with Crippen LogP contribution in [0.2, 0.25) is 0 Å². The minimum Gasteiger partial charge on any atom is -0.389 e. The summed E-state index contributed by atoms with van der Waals surface area (Å²) in [5, 5.41) is 10.6. The van der Waals surface area contributed by atoms with E-state index in [9.17, 15) is 9.90 Å². The third kappa shape index (κ3) is 2.03. The maximum atomic E-state index is 11.8. The molecular weight excluding hydrogens is 200 g/mol. The molecule has 1 aliphatic carbocycles. The van der Waals surface area contributed by atoms with Crippen LogP contribution in [0.5, 0.6) is 0 Å². The van der Waals surface area contributed by atoms with Crippen LogP contribution in [0, 0.1) is 0 Å². The molecular formula is C14H18O2. The molecule has 16 heavy (non-hydrogen) atoms. The van der Waals surface area contributed by atoms with Crippen LogP contribution in [0.25, 0.3) is 0 Å². The predicted molar refractivity (Wildman–Crippen MR) is 63.3 cm³/mol. The van der Waals surface area contributed by atoms with Gasteiger partial charge in [-0.25, -0.2) is 0 Å². The average molecular weight is 218 g/mol. The quantitative estimate of drug-likeness (QED) is 0.846. The van der Waals surface area contributed by atoms with Crippen molar-refractivity contribution in [3.63, 3.8) is 0 Å². The van der Waals surface area contributed by atoms with Crippen molar-refractivity contribution in [1.82, 2.24) is 0 Å². The Labute approximate surface area is 96.3 Å². The van der Waals surface area contributed by atoms with Gasteiger partial charge < -0.3 is 5.11 Å². The van der Waals surface area contributed by atoms with Crippen LogP contribution in [0.15, 0.2) is 30.3 Å². The number of hydrogen-bond donors (Lipinski definition) is 1. The minimum atomic E-state index is -0.812. The number of aliphatic hydroxyl groups is 1. The summed E-state index contributed by atoms with van der Waals surface area (Å²) in [6.45, 7) is 1.58. The van der Waals surface area contributed by atoms with E-state index >= 15 is 0 Å². The van der Waals surface area contributed by atoms with E-state index in [0.29, 0.717) is 0 Å². The molecule has 1 aromatic rings. The lowest BCUT2D eigenvalue weighted by Crippen LogP contribution is -2.37. The predicted octanol–water partition coefficient (Wildman–Crippen LogP) is 2.66. The number of Topliss-reactive ketones (excluding diaryl/α,β-unsaturated/α-hetero) is 1. The molecule has 0 aromatic heterocycles. The van der Waals surface area contributed by atoms with E-state index < -0.39 is 5.60 Å². The van der Waals surface area contributed by atoms with Gasteiger partial charge in [-0.2, -0.15) is 0 Å². The first-order chi connectivity index (χ1) is 7.63. The maximum Gasteiger partial charge on any atom is 0.140 e. The molecule has 1 saturated carbocycles. The summed E-state index contributed by atoms with van der Waals surface area (Å²) in [6.07, 6.45) is 3.53. The number of rotatable bonds is 3. The van der Waals surface area contributed by atoms with Crippen molar-refractivity contribution < 1.29 is 9.90 Å². The van der Waals surface area contributed by atoms with E-state index in [1.807, 2.05) is 30.3 Å². The Balaban J connectivity index is 2.34. The van der Waals surface area contributed by atoms with Gasteiger partial charge in [0, 0.05) is 0 Å². The highest BCUT2D eigenvalue weighted by molar-refractivity contribution is 5.84. The number of carbonyl (C=O) groups excluding carboxylic acids is 1. The molecule has 0 spiro atoms. The third-order valence-electron chi connectivity index (χ3n) is 3.55. The van der Waals surface area contributed by atoms with Gasteiger partial charge in [0.25, 0.3) is 0 Å². The second kappa shape index (κ2) is 4.38. The molecule has 0 bridgehead atoms. The summed E-state index contributed by atoms with van der Waals surface area (Å²) < 4.78 is 0. The Morgan fingerprint density at radius 2 is 1.81 bits per heavy atom. The first-order valence-corrected chi connectivity index (χ1v) is 5.91. The fraction of sp³-hybridized carbons (Fsp3) is 0.500. The van der Waals surface area contributed by atoms with Gasteiger partial charge in [-0.1, -0.05) is 43.2 Å². The van der Waals surface area contributed by atoms with Gasteiger partial charge in [-0.05, 0) is 25.3 Å². The van der Waals surface area contributed by atoms with Crippen LogP contribution < -0.4 is 0 Å². The summed E-state index contributed by atoms with van der Waals surface area (Å²) in [4.78, 5) is 11.8. The Kier molecular flexibility index (Phi) is 3.10. The molecule has 0 amide bonds. The molecule has 1 aromatic carbocycles. The molecule has 0 heterocycles. The summed E-state index contributed by atoms with van der Waals surface area (Å²) in [5.74, 6) is -0.285. The summed E-state index contributed by atoms with van der Waals surface area (Å²) in [6, 6.07) is 9.64. The van der Waals surface area contributed by atoms with Crippen LogP contribution >= 0.6 is 0 Å². The van der Waals surface area contributed by atoms with Crippen LogP contribution in [0.1, 0.15) is 44.1 Å². The lowest BCUT2D eigenvalue weighted by atomic mass is 9.78. The zero-order chi connectivity index (χ0) is 11.6. The van der Waals surface area contributed by atoms with Crippen molar-refractivity contribution in [3.05, 3.63) is 35.9 Å². The first-order valence-electron chi connectivity index (χ1n) is 5.91. The molecule has 0 radical (unpaired) electrons. The van der Waals surface area contributed by atoms with E-state index in [1.165, 1.54) is 0 Å². The van der Waals surface area contributed by atoms with E-state index in [4.69, 9.17) is 0 Å². The van der Waals surface area contributed by atoms with Gasteiger partial charge in [0.1, 0.15) is 5.78 Å². The van der Waals surface area contributed by atoms with E-state index in [2.05, 4.69) is 0 Å². The van der Waals surface area contributed by atoms with E-state index in [1.54, 1.807) is 6.92 Å². The van der Waals surface area contributed by atoms with Crippen molar-refractivity contribution >= 4 is 5.78 Å². The molecule has 1 fully saturated rings. The van der Waals surface area contributed by atoms with Gasteiger partial charge in [0.05, 0.1) is 11.5 Å². The first kappa shape index (κ1) is 11.3. The Bertz CT molecular complexity index is 364. The van der Waals surface area contributed by atoms with Gasteiger partial charge in [0.2, 0.25) is 0 Å². The maximum absolute atomic E-state index is 11.8. The highest BCUT2D eigenvalue weighted by Gasteiger charge is 2.42. The minimum absolute atomic E-state index is 0.0654. The molecule has 1 atom stereocenters. The molecule has 0 saturated heterocycles. The Hall–Kier alpha value is -1.15. The second-order valence-corrected chi connectivity index (χ2v) is 4.77. The SMILES string of the molecule is CC(=O)C(c1ccccc1)C1(O)CCCC1. The van der Waals surface area contributed by atoms with Crippen LogP contribution in [0.4, 0.5) is 0 Å². The van der Waals surface area contributed by atoms with Crippen molar-refractivity contribution in [3.8, 4) is 0 Å². The molecule has 1 unspecified atom stereocenters. The molecule has 2 rings (SSSR count). The van der Waals surface area contributed by atoms with E-state index in [-0.39, 0.29) is 11.7 Å². The Morgan fingerprint density at radius 3 is 2.31 bits per heavy atom.